The minimum absolute atomic E-state index is 0.0663. The summed E-state index contributed by atoms with van der Waals surface area (Å²) < 4.78 is 41.1. The molecule has 226 valence electrons. The zero-order valence-electron chi connectivity index (χ0n) is 25.0. The van der Waals surface area contributed by atoms with Crippen LogP contribution in [-0.2, 0) is 25.7 Å². The van der Waals surface area contributed by atoms with Crippen molar-refractivity contribution < 1.29 is 37.7 Å². The number of ether oxygens (including phenoxy) is 5. The molecule has 0 bridgehead atoms. The van der Waals surface area contributed by atoms with Crippen LogP contribution in [0.1, 0.15) is 37.3 Å². The van der Waals surface area contributed by atoms with Gasteiger partial charge in [0.2, 0.25) is 0 Å². The molecular formula is C34H36FNO7. The van der Waals surface area contributed by atoms with Gasteiger partial charge in [-0.25, -0.2) is 14.0 Å². The molecule has 4 rings (SSSR count). The van der Waals surface area contributed by atoms with Crippen molar-refractivity contribution in [1.29, 1.82) is 0 Å². The van der Waals surface area contributed by atoms with Crippen LogP contribution in [0.25, 0.3) is 0 Å². The fraction of sp³-hybridized carbons (Fsp3) is 0.294. The molecule has 0 radical (unpaired) electrons. The summed E-state index contributed by atoms with van der Waals surface area (Å²) in [6, 6.07) is 20.5. The molecule has 8 nitrogen and oxygen atoms in total. The molecule has 9 heteroatoms. The first-order valence-corrected chi connectivity index (χ1v) is 13.9. The number of benzene rings is 3. The average Bonchev–Trinajstić information content (AvgIpc) is 3.03. The molecule has 1 aliphatic rings. The number of allylic oxidation sites excluding steroid dienone is 2. The van der Waals surface area contributed by atoms with Gasteiger partial charge in [0.25, 0.3) is 0 Å². The predicted molar refractivity (Wildman–Crippen MR) is 159 cm³/mol. The lowest BCUT2D eigenvalue weighted by Gasteiger charge is -2.38. The first kappa shape index (κ1) is 31.2. The maximum atomic E-state index is 13.9. The Morgan fingerprint density at radius 2 is 1.47 bits per heavy atom. The van der Waals surface area contributed by atoms with E-state index in [9.17, 15) is 14.0 Å². The molecule has 0 aliphatic carbocycles. The van der Waals surface area contributed by atoms with Gasteiger partial charge in [0.1, 0.15) is 18.2 Å². The van der Waals surface area contributed by atoms with E-state index in [4.69, 9.17) is 23.7 Å². The molecule has 1 atom stereocenters. The van der Waals surface area contributed by atoms with Crippen molar-refractivity contribution in [3.05, 3.63) is 112 Å². The third kappa shape index (κ3) is 7.17. The molecule has 3 aromatic carbocycles. The van der Waals surface area contributed by atoms with Gasteiger partial charge >= 0.3 is 11.9 Å². The molecule has 43 heavy (non-hydrogen) atoms. The summed E-state index contributed by atoms with van der Waals surface area (Å²) in [6.45, 7) is 4.51. The van der Waals surface area contributed by atoms with E-state index < -0.39 is 17.9 Å². The molecule has 0 saturated carbocycles. The van der Waals surface area contributed by atoms with E-state index in [2.05, 4.69) is 0 Å². The van der Waals surface area contributed by atoms with Crippen LogP contribution in [0, 0.1) is 5.82 Å². The SMILES string of the molecule is COC(=O)C1=C(C)N(CCCOc2ccc(F)cc2)C(C)=C(C(=O)OCc2ccccc2)C1c1ccc(OC)c(OC)c1. The maximum absolute atomic E-state index is 13.9. The minimum atomic E-state index is -0.790. The smallest absolute Gasteiger partial charge is 0.337 e. The summed E-state index contributed by atoms with van der Waals surface area (Å²) in [5.74, 6) is -0.728. The van der Waals surface area contributed by atoms with Crippen LogP contribution < -0.4 is 14.2 Å². The topological polar surface area (TPSA) is 83.5 Å². The predicted octanol–water partition coefficient (Wildman–Crippen LogP) is 6.18. The highest BCUT2D eigenvalue weighted by Gasteiger charge is 2.40. The van der Waals surface area contributed by atoms with Crippen LogP contribution >= 0.6 is 0 Å². The number of rotatable bonds is 12. The number of hydrogen-bond acceptors (Lipinski definition) is 8. The number of esters is 2. The second-order valence-corrected chi connectivity index (χ2v) is 9.91. The van der Waals surface area contributed by atoms with Gasteiger partial charge in [0.05, 0.1) is 45.0 Å². The molecule has 0 fully saturated rings. The summed E-state index contributed by atoms with van der Waals surface area (Å²) in [4.78, 5) is 29.2. The Bertz CT molecular complexity index is 1500. The zero-order chi connectivity index (χ0) is 30.9. The molecule has 0 spiro atoms. The van der Waals surface area contributed by atoms with Gasteiger partial charge in [-0.15, -0.1) is 0 Å². The summed E-state index contributed by atoms with van der Waals surface area (Å²) >= 11 is 0. The van der Waals surface area contributed by atoms with Gasteiger partial charge in [-0.3, -0.25) is 0 Å². The summed E-state index contributed by atoms with van der Waals surface area (Å²) in [7, 11) is 4.38. The number of nitrogens with zero attached hydrogens (tertiary/aromatic N) is 1. The lowest BCUT2D eigenvalue weighted by molar-refractivity contribution is -0.141. The monoisotopic (exact) mass is 589 g/mol. The van der Waals surface area contributed by atoms with Crippen LogP contribution in [0.4, 0.5) is 4.39 Å². The van der Waals surface area contributed by atoms with Crippen molar-refractivity contribution in [3.63, 3.8) is 0 Å². The zero-order valence-corrected chi connectivity index (χ0v) is 25.0. The van der Waals surface area contributed by atoms with Gasteiger partial charge in [-0.05, 0) is 67.8 Å². The number of carbonyl (C=O) groups is 2. The second-order valence-electron chi connectivity index (χ2n) is 9.91. The van der Waals surface area contributed by atoms with Crippen LogP contribution in [0.3, 0.4) is 0 Å². The fourth-order valence-electron chi connectivity index (χ4n) is 5.19. The van der Waals surface area contributed by atoms with Crippen molar-refractivity contribution >= 4 is 11.9 Å². The van der Waals surface area contributed by atoms with Crippen molar-refractivity contribution in [2.45, 2.75) is 32.8 Å². The van der Waals surface area contributed by atoms with Crippen molar-refractivity contribution in [3.8, 4) is 17.2 Å². The lowest BCUT2D eigenvalue weighted by atomic mass is 9.79. The molecule has 0 N–H and O–H groups in total. The number of hydrogen-bond donors (Lipinski definition) is 0. The molecule has 1 heterocycles. The lowest BCUT2D eigenvalue weighted by Crippen LogP contribution is -2.36. The summed E-state index contributed by atoms with van der Waals surface area (Å²) in [5.41, 5.74) is 3.39. The van der Waals surface area contributed by atoms with E-state index in [1.807, 2.05) is 49.1 Å². The van der Waals surface area contributed by atoms with Gasteiger partial charge in [-0.1, -0.05) is 36.4 Å². The van der Waals surface area contributed by atoms with Gasteiger partial charge in [-0.2, -0.15) is 0 Å². The van der Waals surface area contributed by atoms with E-state index in [1.54, 1.807) is 30.3 Å². The van der Waals surface area contributed by atoms with Gasteiger partial charge in [0, 0.05) is 17.9 Å². The minimum Gasteiger partial charge on any atom is -0.494 e. The Balaban J connectivity index is 1.72. The molecule has 0 saturated heterocycles. The van der Waals surface area contributed by atoms with Crippen LogP contribution in [-0.4, -0.2) is 51.3 Å². The molecule has 1 aliphatic heterocycles. The Morgan fingerprint density at radius 3 is 2.09 bits per heavy atom. The highest BCUT2D eigenvalue weighted by atomic mass is 19.1. The standard InChI is InChI=1S/C34H36FNO7/c1-22-30(33(37)41-5)32(25-12-17-28(39-3)29(20-25)40-4)31(34(38)43-21-24-10-7-6-8-11-24)23(2)36(22)18-9-19-42-27-15-13-26(35)14-16-27/h6-8,10-17,20,32H,9,18-19,21H2,1-5H3. The van der Waals surface area contributed by atoms with Gasteiger partial charge in [0.15, 0.2) is 11.5 Å². The quantitative estimate of drug-likeness (QED) is 0.183. The Kier molecular flexibility index (Phi) is 10.4. The molecule has 3 aromatic rings. The van der Waals surface area contributed by atoms with E-state index >= 15 is 0 Å². The Labute approximate surface area is 251 Å². The molecule has 0 aromatic heterocycles. The summed E-state index contributed by atoms with van der Waals surface area (Å²) in [6.07, 6.45) is 0.549. The summed E-state index contributed by atoms with van der Waals surface area (Å²) in [5, 5.41) is 0. The van der Waals surface area contributed by atoms with E-state index in [0.717, 1.165) is 5.56 Å². The first-order valence-electron chi connectivity index (χ1n) is 13.9. The highest BCUT2D eigenvalue weighted by molar-refractivity contribution is 6.00. The second kappa shape index (κ2) is 14.4. The van der Waals surface area contributed by atoms with Crippen LogP contribution in [0.15, 0.2) is 95.3 Å². The van der Waals surface area contributed by atoms with Crippen LogP contribution in [0.2, 0.25) is 0 Å². The Hall–Kier alpha value is -4.79. The van der Waals surface area contributed by atoms with Crippen LogP contribution in [0.5, 0.6) is 17.2 Å². The van der Waals surface area contributed by atoms with Crippen molar-refractivity contribution in [2.24, 2.45) is 0 Å². The van der Waals surface area contributed by atoms with E-state index in [0.29, 0.717) is 64.9 Å². The fourth-order valence-corrected chi connectivity index (χ4v) is 5.19. The molecule has 1 unspecified atom stereocenters. The number of methoxy groups -OCH3 is 3. The van der Waals surface area contributed by atoms with E-state index in [1.165, 1.54) is 33.5 Å². The first-order chi connectivity index (χ1) is 20.8. The molecule has 0 amide bonds. The largest absolute Gasteiger partial charge is 0.494 e. The normalized spacial score (nSPS) is 14.8. The highest BCUT2D eigenvalue weighted by Crippen LogP contribution is 2.45. The third-order valence-corrected chi connectivity index (χ3v) is 7.35. The maximum Gasteiger partial charge on any atom is 0.337 e. The van der Waals surface area contributed by atoms with Crippen molar-refractivity contribution in [1.82, 2.24) is 4.90 Å². The average molecular weight is 590 g/mol. The third-order valence-electron chi connectivity index (χ3n) is 7.35. The van der Waals surface area contributed by atoms with E-state index in [-0.39, 0.29) is 12.4 Å². The van der Waals surface area contributed by atoms with Gasteiger partial charge < -0.3 is 28.6 Å². The molecular weight excluding hydrogens is 553 g/mol. The van der Waals surface area contributed by atoms with Crippen molar-refractivity contribution in [2.75, 3.05) is 34.5 Å². The number of carbonyl (C=O) groups excluding carboxylic acids is 2. The Morgan fingerprint density at radius 1 is 0.814 bits per heavy atom. The number of halogens is 1.